The number of ketones is 1. The molecule has 0 unspecified atom stereocenters. The molecule has 3 aromatic rings. The number of ether oxygens (including phenoxy) is 2. The van der Waals surface area contributed by atoms with Crippen LogP contribution in [-0.4, -0.2) is 25.9 Å². The number of rotatable bonds is 6. The molecule has 8 heteroatoms. The van der Waals surface area contributed by atoms with E-state index in [1.54, 1.807) is 37.7 Å². The van der Waals surface area contributed by atoms with Gasteiger partial charge in [-0.05, 0) is 67.3 Å². The fourth-order valence-electron chi connectivity index (χ4n) is 5.17. The van der Waals surface area contributed by atoms with E-state index in [1.807, 2.05) is 24.4 Å². The van der Waals surface area contributed by atoms with Gasteiger partial charge in [0.25, 0.3) is 5.91 Å². The van der Waals surface area contributed by atoms with E-state index in [2.05, 4.69) is 16.7 Å². The standard InChI is InChI=1S/C29H27FN2O4S/c1-16-26(29(34)32-19-8-6-18(30)7-9-19)27(21-15-20(35-2)10-11-24(21)36-3)28-22(31-16)13-17(14-23(28)33)25-5-4-12-37-25/h4-12,15,17,27,31H,13-14H2,1-3H3,(H,32,34)/t17-,27+/m0/s1. The van der Waals surface area contributed by atoms with Crippen LogP contribution in [-0.2, 0) is 9.59 Å². The quantitative estimate of drug-likeness (QED) is 0.425. The molecule has 0 spiro atoms. The maximum absolute atomic E-state index is 13.8. The summed E-state index contributed by atoms with van der Waals surface area (Å²) in [6.07, 6.45) is 1.02. The first-order chi connectivity index (χ1) is 17.9. The smallest absolute Gasteiger partial charge is 0.254 e. The van der Waals surface area contributed by atoms with Gasteiger partial charge in [0.2, 0.25) is 0 Å². The van der Waals surface area contributed by atoms with Gasteiger partial charge in [0.05, 0.1) is 20.1 Å². The topological polar surface area (TPSA) is 76.7 Å². The molecule has 6 nitrogen and oxygen atoms in total. The van der Waals surface area contributed by atoms with Crippen LogP contribution in [0, 0.1) is 5.82 Å². The number of anilines is 1. The van der Waals surface area contributed by atoms with E-state index in [-0.39, 0.29) is 17.6 Å². The number of carbonyl (C=O) groups is 2. The van der Waals surface area contributed by atoms with E-state index in [9.17, 15) is 14.0 Å². The van der Waals surface area contributed by atoms with Crippen LogP contribution in [0.1, 0.15) is 42.0 Å². The first-order valence-corrected chi connectivity index (χ1v) is 12.8. The second-order valence-electron chi connectivity index (χ2n) is 9.10. The van der Waals surface area contributed by atoms with Crippen LogP contribution >= 0.6 is 11.3 Å². The summed E-state index contributed by atoms with van der Waals surface area (Å²) in [5.41, 5.74) is 3.55. The van der Waals surface area contributed by atoms with Crippen molar-refractivity contribution in [2.75, 3.05) is 19.5 Å². The van der Waals surface area contributed by atoms with Crippen molar-refractivity contribution < 1.29 is 23.5 Å². The van der Waals surface area contributed by atoms with Crippen molar-refractivity contribution in [1.82, 2.24) is 5.32 Å². The summed E-state index contributed by atoms with van der Waals surface area (Å²) < 4.78 is 24.6. The molecule has 2 aromatic carbocycles. The number of amides is 1. The average Bonchev–Trinajstić information content (AvgIpc) is 3.44. The third-order valence-electron chi connectivity index (χ3n) is 6.87. The Kier molecular flexibility index (Phi) is 6.84. The number of halogens is 1. The Morgan fingerprint density at radius 2 is 1.86 bits per heavy atom. The molecule has 5 rings (SSSR count). The molecule has 0 fully saturated rings. The van der Waals surface area contributed by atoms with Crippen LogP contribution in [0.4, 0.5) is 10.1 Å². The lowest BCUT2D eigenvalue weighted by Gasteiger charge is -2.37. The zero-order valence-corrected chi connectivity index (χ0v) is 21.6. The lowest BCUT2D eigenvalue weighted by molar-refractivity contribution is -0.116. The number of Topliss-reactive ketones (excluding diaryl/α,β-unsaturated/α-hetero) is 1. The summed E-state index contributed by atoms with van der Waals surface area (Å²) in [6, 6.07) is 15.0. The Bertz CT molecular complexity index is 1410. The number of thiophene rings is 1. The Hall–Kier alpha value is -3.91. The average molecular weight is 519 g/mol. The third-order valence-corrected chi connectivity index (χ3v) is 7.90. The number of hydrogen-bond acceptors (Lipinski definition) is 6. The van der Waals surface area contributed by atoms with Gasteiger partial charge in [-0.25, -0.2) is 4.39 Å². The highest BCUT2D eigenvalue weighted by atomic mass is 32.1. The van der Waals surface area contributed by atoms with Gasteiger partial charge in [-0.2, -0.15) is 0 Å². The van der Waals surface area contributed by atoms with E-state index >= 15 is 0 Å². The van der Waals surface area contributed by atoms with Gasteiger partial charge in [-0.3, -0.25) is 9.59 Å². The summed E-state index contributed by atoms with van der Waals surface area (Å²) in [5.74, 6) is -0.241. The van der Waals surface area contributed by atoms with Crippen LogP contribution in [0.15, 0.2) is 82.5 Å². The maximum Gasteiger partial charge on any atom is 0.254 e. The lowest BCUT2D eigenvalue weighted by atomic mass is 9.72. The van der Waals surface area contributed by atoms with Gasteiger partial charge in [-0.1, -0.05) is 6.07 Å². The van der Waals surface area contributed by atoms with Gasteiger partial charge >= 0.3 is 0 Å². The van der Waals surface area contributed by atoms with Gasteiger partial charge in [0, 0.05) is 51.0 Å². The largest absolute Gasteiger partial charge is 0.497 e. The van der Waals surface area contributed by atoms with Crippen molar-refractivity contribution >= 4 is 28.7 Å². The number of methoxy groups -OCH3 is 2. The molecular formula is C29H27FN2O4S. The number of carbonyl (C=O) groups excluding carboxylic acids is 2. The Balaban J connectivity index is 1.62. The molecule has 1 aromatic heterocycles. The molecule has 2 atom stereocenters. The van der Waals surface area contributed by atoms with Crippen LogP contribution in [0.3, 0.4) is 0 Å². The molecule has 2 aliphatic rings. The molecule has 1 amide bonds. The van der Waals surface area contributed by atoms with Crippen LogP contribution in [0.2, 0.25) is 0 Å². The van der Waals surface area contributed by atoms with Crippen molar-refractivity contribution in [3.8, 4) is 11.5 Å². The SMILES string of the molecule is COc1ccc(OC)c([C@@H]2C(C(=O)Nc3ccc(F)cc3)=C(C)NC3=C2C(=O)C[C@@H](c2cccs2)C3)c1. The van der Waals surface area contributed by atoms with Crippen molar-refractivity contribution in [2.24, 2.45) is 0 Å². The van der Waals surface area contributed by atoms with E-state index < -0.39 is 11.7 Å². The summed E-state index contributed by atoms with van der Waals surface area (Å²) in [7, 11) is 3.13. The third kappa shape index (κ3) is 4.76. The Labute approximate surface area is 218 Å². The zero-order chi connectivity index (χ0) is 26.1. The van der Waals surface area contributed by atoms with Crippen LogP contribution in [0.25, 0.3) is 0 Å². The first-order valence-electron chi connectivity index (χ1n) is 12.0. The molecule has 190 valence electrons. The molecule has 1 aliphatic carbocycles. The Morgan fingerprint density at radius 1 is 1.08 bits per heavy atom. The van der Waals surface area contributed by atoms with Crippen molar-refractivity contribution in [1.29, 1.82) is 0 Å². The monoisotopic (exact) mass is 518 g/mol. The highest BCUT2D eigenvalue weighted by molar-refractivity contribution is 7.10. The molecule has 0 saturated carbocycles. The Morgan fingerprint density at radius 3 is 2.54 bits per heavy atom. The molecule has 37 heavy (non-hydrogen) atoms. The zero-order valence-electron chi connectivity index (χ0n) is 20.8. The van der Waals surface area contributed by atoms with Crippen molar-refractivity contribution in [3.05, 3.63) is 98.8 Å². The number of dihydropyridines is 1. The molecule has 1 aliphatic heterocycles. The van der Waals surface area contributed by atoms with Gasteiger partial charge in [0.15, 0.2) is 5.78 Å². The molecule has 2 heterocycles. The predicted molar refractivity (Wildman–Crippen MR) is 141 cm³/mol. The molecule has 0 radical (unpaired) electrons. The maximum atomic E-state index is 13.8. The summed E-state index contributed by atoms with van der Waals surface area (Å²) in [5, 5.41) is 8.27. The van der Waals surface area contributed by atoms with Crippen LogP contribution in [0.5, 0.6) is 11.5 Å². The lowest BCUT2D eigenvalue weighted by Crippen LogP contribution is -2.37. The molecule has 0 bridgehead atoms. The minimum Gasteiger partial charge on any atom is -0.497 e. The molecular weight excluding hydrogens is 491 g/mol. The molecule has 0 saturated heterocycles. The van der Waals surface area contributed by atoms with Gasteiger partial charge in [-0.15, -0.1) is 11.3 Å². The summed E-state index contributed by atoms with van der Waals surface area (Å²) >= 11 is 1.65. The van der Waals surface area contributed by atoms with E-state index in [0.29, 0.717) is 52.4 Å². The van der Waals surface area contributed by atoms with Crippen molar-refractivity contribution in [3.63, 3.8) is 0 Å². The summed E-state index contributed by atoms with van der Waals surface area (Å²) in [6.45, 7) is 1.84. The van der Waals surface area contributed by atoms with E-state index in [1.165, 1.54) is 29.1 Å². The summed E-state index contributed by atoms with van der Waals surface area (Å²) in [4.78, 5) is 28.7. The van der Waals surface area contributed by atoms with E-state index in [4.69, 9.17) is 9.47 Å². The van der Waals surface area contributed by atoms with Gasteiger partial charge in [0.1, 0.15) is 17.3 Å². The number of nitrogens with one attached hydrogen (secondary N) is 2. The van der Waals surface area contributed by atoms with Crippen LogP contribution < -0.4 is 20.1 Å². The minimum atomic E-state index is -0.668. The first kappa shape index (κ1) is 24.8. The number of allylic oxidation sites excluding steroid dienone is 3. The number of benzene rings is 2. The van der Waals surface area contributed by atoms with Crippen molar-refractivity contribution in [2.45, 2.75) is 31.6 Å². The number of hydrogen-bond donors (Lipinski definition) is 2. The minimum absolute atomic E-state index is 0.0124. The molecule has 2 N–H and O–H groups in total. The fraction of sp³-hybridized carbons (Fsp3) is 0.241. The normalized spacial score (nSPS) is 19.3. The highest BCUT2D eigenvalue weighted by Gasteiger charge is 2.42. The van der Waals surface area contributed by atoms with Gasteiger partial charge < -0.3 is 20.1 Å². The highest BCUT2D eigenvalue weighted by Crippen LogP contribution is 2.48. The van der Waals surface area contributed by atoms with E-state index in [0.717, 1.165) is 5.70 Å². The fourth-order valence-corrected chi connectivity index (χ4v) is 6.00. The predicted octanol–water partition coefficient (Wildman–Crippen LogP) is 5.90. The second-order valence-corrected chi connectivity index (χ2v) is 10.1. The second kappa shape index (κ2) is 10.2.